The van der Waals surface area contributed by atoms with Crippen molar-refractivity contribution >= 4 is 0 Å². The third-order valence-electron chi connectivity index (χ3n) is 1.34. The standard InChI is InChI=1S/C8H15.Y/c1-6(2)8(5)7(3)4;/h6H,5H2,1-4H3;/q-1;. The van der Waals surface area contributed by atoms with Crippen LogP contribution in [0.3, 0.4) is 0 Å². The fourth-order valence-electron chi connectivity index (χ4n) is 0.577. The van der Waals surface area contributed by atoms with Crippen LogP contribution >= 0.6 is 0 Å². The van der Waals surface area contributed by atoms with E-state index in [1.54, 1.807) is 0 Å². The summed E-state index contributed by atoms with van der Waals surface area (Å²) in [6, 6.07) is 0. The quantitative estimate of drug-likeness (QED) is 0.601. The topological polar surface area (TPSA) is 0 Å². The molecule has 0 amide bonds. The molecule has 0 unspecified atom stereocenters. The minimum atomic E-state index is 0. The molecule has 9 heavy (non-hydrogen) atoms. The monoisotopic (exact) mass is 200 g/mol. The molecule has 0 aromatic carbocycles. The molecule has 0 aliphatic carbocycles. The zero-order chi connectivity index (χ0) is 6.73. The Morgan fingerprint density at radius 1 is 1.33 bits per heavy atom. The average Bonchev–Trinajstić information content (AvgIpc) is 1.64. The molecule has 0 fully saturated rings. The van der Waals surface area contributed by atoms with Crippen LogP contribution in [0.4, 0.5) is 0 Å². The summed E-state index contributed by atoms with van der Waals surface area (Å²) >= 11 is 0. The Morgan fingerprint density at radius 3 is 1.67 bits per heavy atom. The first-order chi connectivity index (χ1) is 3.55. The van der Waals surface area contributed by atoms with Gasteiger partial charge < -0.3 is 0 Å². The second kappa shape index (κ2) is 5.50. The van der Waals surface area contributed by atoms with Gasteiger partial charge in [-0.1, -0.05) is 19.8 Å². The zero-order valence-corrected chi connectivity index (χ0v) is 9.70. The van der Waals surface area contributed by atoms with Gasteiger partial charge in [0, 0.05) is 32.7 Å². The maximum atomic E-state index is 3.92. The summed E-state index contributed by atoms with van der Waals surface area (Å²) in [7, 11) is 0. The predicted molar refractivity (Wildman–Crippen MR) is 38.6 cm³/mol. The second-order valence-corrected chi connectivity index (χ2v) is 2.68. The molecule has 0 aromatic rings. The van der Waals surface area contributed by atoms with Crippen LogP contribution in [0.15, 0.2) is 12.2 Å². The minimum absolute atomic E-state index is 0. The van der Waals surface area contributed by atoms with Crippen molar-refractivity contribution in [3.05, 3.63) is 18.1 Å². The van der Waals surface area contributed by atoms with Crippen molar-refractivity contribution in [3.8, 4) is 0 Å². The number of allylic oxidation sites excluding steroid dienone is 1. The van der Waals surface area contributed by atoms with E-state index in [1.807, 2.05) is 0 Å². The summed E-state index contributed by atoms with van der Waals surface area (Å²) in [4.78, 5) is 0. The molecule has 0 N–H and O–H groups in total. The SMILES string of the molecule is C=C([C-](C)C)C(C)C.[Y]. The Kier molecular flexibility index (Phi) is 7.57. The van der Waals surface area contributed by atoms with Crippen LogP contribution in [0.5, 0.6) is 0 Å². The van der Waals surface area contributed by atoms with Crippen LogP contribution in [-0.2, 0) is 32.7 Å². The third-order valence-corrected chi connectivity index (χ3v) is 1.34. The van der Waals surface area contributed by atoms with Crippen LogP contribution in [0.2, 0.25) is 0 Å². The van der Waals surface area contributed by atoms with Gasteiger partial charge in [0.05, 0.1) is 0 Å². The Bertz CT molecular complexity index is 72.6. The summed E-state index contributed by atoms with van der Waals surface area (Å²) in [5, 5.41) is 0. The predicted octanol–water partition coefficient (Wildman–Crippen LogP) is 2.81. The van der Waals surface area contributed by atoms with Crippen molar-refractivity contribution in [2.75, 3.05) is 0 Å². The third kappa shape index (κ3) is 5.17. The first-order valence-corrected chi connectivity index (χ1v) is 3.05. The van der Waals surface area contributed by atoms with Crippen LogP contribution in [0.1, 0.15) is 27.7 Å². The van der Waals surface area contributed by atoms with E-state index in [0.717, 1.165) is 0 Å². The van der Waals surface area contributed by atoms with Gasteiger partial charge in [-0.15, -0.1) is 13.8 Å². The fraction of sp³-hybridized carbons (Fsp3) is 0.625. The summed E-state index contributed by atoms with van der Waals surface area (Å²) in [6.07, 6.45) is 0. The number of hydrogen-bond donors (Lipinski definition) is 0. The Hall–Kier alpha value is 0.714. The number of hydrogen-bond acceptors (Lipinski definition) is 0. The molecule has 0 aliphatic rings. The zero-order valence-electron chi connectivity index (χ0n) is 6.86. The van der Waals surface area contributed by atoms with Crippen molar-refractivity contribution in [1.82, 2.24) is 0 Å². The number of rotatable bonds is 2. The van der Waals surface area contributed by atoms with Crippen molar-refractivity contribution < 1.29 is 32.7 Å². The maximum Gasteiger partial charge on any atom is 0 e. The first-order valence-electron chi connectivity index (χ1n) is 3.05. The Labute approximate surface area is 84.0 Å². The van der Waals surface area contributed by atoms with Crippen LogP contribution < -0.4 is 0 Å². The minimum Gasteiger partial charge on any atom is -0.241 e. The second-order valence-electron chi connectivity index (χ2n) is 2.68. The summed E-state index contributed by atoms with van der Waals surface area (Å²) in [5.74, 6) is 1.96. The Morgan fingerprint density at radius 2 is 1.67 bits per heavy atom. The van der Waals surface area contributed by atoms with Gasteiger partial charge in [0.2, 0.25) is 0 Å². The van der Waals surface area contributed by atoms with Gasteiger partial charge in [-0.2, -0.15) is 0 Å². The smallest absolute Gasteiger partial charge is 0 e. The van der Waals surface area contributed by atoms with Gasteiger partial charge in [0.1, 0.15) is 0 Å². The molecule has 0 atom stereocenters. The molecule has 0 saturated heterocycles. The first kappa shape index (κ1) is 12.4. The van der Waals surface area contributed by atoms with Crippen molar-refractivity contribution in [2.24, 2.45) is 5.92 Å². The van der Waals surface area contributed by atoms with E-state index >= 15 is 0 Å². The van der Waals surface area contributed by atoms with Crippen LogP contribution in [0, 0.1) is 11.8 Å². The fourth-order valence-corrected chi connectivity index (χ4v) is 0.577. The largest absolute Gasteiger partial charge is 0.241 e. The van der Waals surface area contributed by atoms with E-state index in [2.05, 4.69) is 34.3 Å². The van der Waals surface area contributed by atoms with E-state index < -0.39 is 0 Å². The van der Waals surface area contributed by atoms with Crippen molar-refractivity contribution in [1.29, 1.82) is 0 Å². The van der Waals surface area contributed by atoms with E-state index in [-0.39, 0.29) is 32.7 Å². The van der Waals surface area contributed by atoms with Crippen LogP contribution in [-0.4, -0.2) is 0 Å². The Balaban J connectivity index is 0. The van der Waals surface area contributed by atoms with E-state index in [0.29, 0.717) is 5.92 Å². The van der Waals surface area contributed by atoms with E-state index in [4.69, 9.17) is 0 Å². The molecule has 0 aliphatic heterocycles. The molecule has 1 heteroatoms. The summed E-state index contributed by atoms with van der Waals surface area (Å²) in [6.45, 7) is 12.4. The molecule has 0 spiro atoms. The van der Waals surface area contributed by atoms with Gasteiger partial charge >= 0.3 is 0 Å². The molecular formula is C8H15Y-. The maximum absolute atomic E-state index is 3.92. The summed E-state index contributed by atoms with van der Waals surface area (Å²) in [5.41, 5.74) is 1.27. The van der Waals surface area contributed by atoms with E-state index in [1.165, 1.54) is 11.5 Å². The molecule has 0 bridgehead atoms. The molecule has 0 saturated carbocycles. The molecule has 51 valence electrons. The molecule has 0 rings (SSSR count). The molecular weight excluding hydrogens is 185 g/mol. The van der Waals surface area contributed by atoms with Crippen molar-refractivity contribution in [3.63, 3.8) is 0 Å². The normalized spacial score (nSPS) is 8.56. The molecule has 0 heterocycles. The summed E-state index contributed by atoms with van der Waals surface area (Å²) < 4.78 is 0. The van der Waals surface area contributed by atoms with Gasteiger partial charge in [0.15, 0.2) is 0 Å². The molecule has 0 nitrogen and oxygen atoms in total. The average molecular weight is 200 g/mol. The molecule has 0 aromatic heterocycles. The van der Waals surface area contributed by atoms with Gasteiger partial charge in [-0.3, -0.25) is 0 Å². The van der Waals surface area contributed by atoms with Gasteiger partial charge in [-0.05, 0) is 0 Å². The van der Waals surface area contributed by atoms with Gasteiger partial charge in [-0.25, -0.2) is 18.1 Å². The van der Waals surface area contributed by atoms with Gasteiger partial charge in [0.25, 0.3) is 0 Å². The van der Waals surface area contributed by atoms with Crippen LogP contribution in [0.25, 0.3) is 0 Å². The van der Waals surface area contributed by atoms with Crippen molar-refractivity contribution in [2.45, 2.75) is 27.7 Å². The van der Waals surface area contributed by atoms with E-state index in [9.17, 15) is 0 Å². The molecule has 1 radical (unpaired) electrons.